The van der Waals surface area contributed by atoms with Crippen molar-refractivity contribution in [3.8, 4) is 0 Å². The number of nitro groups is 1. The van der Waals surface area contributed by atoms with Crippen molar-refractivity contribution in [1.82, 2.24) is 4.98 Å². The van der Waals surface area contributed by atoms with Crippen molar-refractivity contribution in [3.05, 3.63) is 45.1 Å². The number of non-ortho nitro benzene ring substituents is 1. The Labute approximate surface area is 150 Å². The number of aliphatic carboxylic acids is 1. The Bertz CT molecular complexity index is 862. The summed E-state index contributed by atoms with van der Waals surface area (Å²) in [5.74, 6) is -1.55. The molecule has 0 aliphatic heterocycles. The van der Waals surface area contributed by atoms with Crippen molar-refractivity contribution in [2.45, 2.75) is 39.5 Å². The van der Waals surface area contributed by atoms with Gasteiger partial charge in [0, 0.05) is 23.9 Å². The van der Waals surface area contributed by atoms with Crippen LogP contribution in [0.4, 0.5) is 5.69 Å². The number of aromatic nitrogens is 1. The van der Waals surface area contributed by atoms with Gasteiger partial charge in [-0.1, -0.05) is 13.3 Å². The van der Waals surface area contributed by atoms with Crippen molar-refractivity contribution >= 4 is 28.5 Å². The minimum Gasteiger partial charge on any atom is -0.481 e. The van der Waals surface area contributed by atoms with Gasteiger partial charge in [-0.25, -0.2) is 4.79 Å². The Morgan fingerprint density at radius 2 is 2.00 bits per heavy atom. The van der Waals surface area contributed by atoms with Gasteiger partial charge >= 0.3 is 11.9 Å². The molecule has 1 heterocycles. The van der Waals surface area contributed by atoms with Crippen LogP contribution in [0.25, 0.3) is 10.9 Å². The van der Waals surface area contributed by atoms with E-state index in [1.165, 1.54) is 18.2 Å². The number of hydrogen-bond donors (Lipinski definition) is 1. The van der Waals surface area contributed by atoms with Crippen LogP contribution in [0.1, 0.15) is 48.3 Å². The van der Waals surface area contributed by atoms with Crippen LogP contribution in [-0.2, 0) is 22.4 Å². The van der Waals surface area contributed by atoms with Crippen molar-refractivity contribution in [1.29, 1.82) is 0 Å². The zero-order chi connectivity index (χ0) is 19.3. The first kappa shape index (κ1) is 19.3. The van der Waals surface area contributed by atoms with Gasteiger partial charge in [0.2, 0.25) is 0 Å². The molecule has 0 fully saturated rings. The van der Waals surface area contributed by atoms with Crippen LogP contribution in [0, 0.1) is 10.1 Å². The van der Waals surface area contributed by atoms with Crippen LogP contribution in [0.15, 0.2) is 18.2 Å². The molecule has 138 valence electrons. The molecule has 0 saturated carbocycles. The fourth-order valence-electron chi connectivity index (χ4n) is 2.85. The number of carboxylic acid groups (broad SMARTS) is 1. The number of carboxylic acids is 1. The van der Waals surface area contributed by atoms with E-state index >= 15 is 0 Å². The number of carbonyl (C=O) groups is 2. The summed E-state index contributed by atoms with van der Waals surface area (Å²) in [4.78, 5) is 38.5. The molecule has 0 aliphatic rings. The van der Waals surface area contributed by atoms with Gasteiger partial charge in [0.1, 0.15) is 0 Å². The lowest BCUT2D eigenvalue weighted by Crippen LogP contribution is -2.15. The summed E-state index contributed by atoms with van der Waals surface area (Å²) in [5.41, 5.74) is 1.52. The topological polar surface area (TPSA) is 120 Å². The second kappa shape index (κ2) is 8.37. The highest BCUT2D eigenvalue weighted by molar-refractivity contribution is 5.99. The molecule has 0 aliphatic carbocycles. The molecule has 1 aromatic heterocycles. The highest BCUT2D eigenvalue weighted by atomic mass is 16.6. The number of carbonyl (C=O) groups excluding carboxylic acids is 1. The van der Waals surface area contributed by atoms with Crippen molar-refractivity contribution in [3.63, 3.8) is 0 Å². The van der Waals surface area contributed by atoms with E-state index in [1.54, 1.807) is 6.92 Å². The molecule has 0 atom stereocenters. The molecule has 8 heteroatoms. The van der Waals surface area contributed by atoms with Gasteiger partial charge in [0.05, 0.1) is 28.3 Å². The molecule has 0 spiro atoms. The third-order valence-electron chi connectivity index (χ3n) is 3.92. The number of rotatable bonds is 8. The van der Waals surface area contributed by atoms with Gasteiger partial charge in [-0.3, -0.25) is 19.9 Å². The van der Waals surface area contributed by atoms with E-state index in [4.69, 9.17) is 9.84 Å². The Kier molecular flexibility index (Phi) is 6.21. The van der Waals surface area contributed by atoms with Crippen LogP contribution in [0.2, 0.25) is 0 Å². The number of nitro benzene ring substituents is 1. The molecule has 1 aromatic carbocycles. The summed E-state index contributed by atoms with van der Waals surface area (Å²) in [6.07, 6.45) is 1.12. The first-order chi connectivity index (χ1) is 12.4. The number of ether oxygens (including phenoxy) is 1. The maximum absolute atomic E-state index is 12.5. The van der Waals surface area contributed by atoms with E-state index < -0.39 is 16.9 Å². The van der Waals surface area contributed by atoms with Crippen LogP contribution in [0.5, 0.6) is 0 Å². The molecule has 0 radical (unpaired) electrons. The largest absolute Gasteiger partial charge is 0.481 e. The maximum Gasteiger partial charge on any atom is 0.340 e. The number of esters is 1. The fourth-order valence-corrected chi connectivity index (χ4v) is 2.85. The molecule has 26 heavy (non-hydrogen) atoms. The lowest BCUT2D eigenvalue weighted by molar-refractivity contribution is -0.384. The van der Waals surface area contributed by atoms with Gasteiger partial charge in [-0.15, -0.1) is 0 Å². The zero-order valence-corrected chi connectivity index (χ0v) is 14.7. The minimum absolute atomic E-state index is 0.108. The van der Waals surface area contributed by atoms with Gasteiger partial charge in [-0.05, 0) is 31.4 Å². The minimum atomic E-state index is -0.997. The molecule has 8 nitrogen and oxygen atoms in total. The summed E-state index contributed by atoms with van der Waals surface area (Å²) >= 11 is 0. The zero-order valence-electron chi connectivity index (χ0n) is 14.7. The second-order valence-corrected chi connectivity index (χ2v) is 5.73. The standard InChI is InChI=1S/C18H20N2O6/c1-3-5-14-17(18(23)26-4-2)13(8-9-16(21)22)12-7-6-11(20(24)25)10-15(12)19-14/h6-7,10H,3-5,8-9H2,1-2H3,(H,21,22). The van der Waals surface area contributed by atoms with Gasteiger partial charge in [0.25, 0.3) is 5.69 Å². The molecule has 0 bridgehead atoms. The summed E-state index contributed by atoms with van der Waals surface area (Å²) in [7, 11) is 0. The van der Waals surface area contributed by atoms with Crippen molar-refractivity contribution in [2.75, 3.05) is 6.61 Å². The van der Waals surface area contributed by atoms with Crippen LogP contribution in [-0.4, -0.2) is 33.6 Å². The predicted molar refractivity (Wildman–Crippen MR) is 94.3 cm³/mol. The Balaban J connectivity index is 2.76. The Morgan fingerprint density at radius 1 is 1.27 bits per heavy atom. The van der Waals surface area contributed by atoms with E-state index in [1.807, 2.05) is 6.92 Å². The van der Waals surface area contributed by atoms with E-state index in [-0.39, 0.29) is 30.7 Å². The van der Waals surface area contributed by atoms with Crippen LogP contribution in [0.3, 0.4) is 0 Å². The Morgan fingerprint density at radius 3 is 2.58 bits per heavy atom. The number of hydrogen-bond acceptors (Lipinski definition) is 6. The molecule has 2 rings (SSSR count). The molecular formula is C18H20N2O6. The van der Waals surface area contributed by atoms with Crippen LogP contribution >= 0.6 is 0 Å². The maximum atomic E-state index is 12.5. The molecule has 0 unspecified atom stereocenters. The Hall–Kier alpha value is -3.03. The predicted octanol–water partition coefficient (Wildman–Crippen LogP) is 3.29. The number of fused-ring (bicyclic) bond motifs is 1. The molecule has 2 aromatic rings. The first-order valence-corrected chi connectivity index (χ1v) is 8.37. The third kappa shape index (κ3) is 4.14. The number of aryl methyl sites for hydroxylation is 2. The SMILES string of the molecule is CCCc1nc2cc([N+](=O)[O-])ccc2c(CCC(=O)O)c1C(=O)OCC. The van der Waals surface area contributed by atoms with Crippen molar-refractivity contribution < 1.29 is 24.4 Å². The third-order valence-corrected chi connectivity index (χ3v) is 3.92. The van der Waals surface area contributed by atoms with E-state index in [9.17, 15) is 19.7 Å². The second-order valence-electron chi connectivity index (χ2n) is 5.73. The highest BCUT2D eigenvalue weighted by Crippen LogP contribution is 2.29. The van der Waals surface area contributed by atoms with Crippen LogP contribution < -0.4 is 0 Å². The van der Waals surface area contributed by atoms with E-state index in [0.29, 0.717) is 35.0 Å². The molecule has 0 saturated heterocycles. The quantitative estimate of drug-likeness (QED) is 0.436. The lowest BCUT2D eigenvalue weighted by Gasteiger charge is -2.15. The lowest BCUT2D eigenvalue weighted by atomic mass is 9.94. The van der Waals surface area contributed by atoms with Gasteiger partial charge in [-0.2, -0.15) is 0 Å². The van der Waals surface area contributed by atoms with E-state index in [2.05, 4.69) is 4.98 Å². The molecule has 0 amide bonds. The fraction of sp³-hybridized carbons (Fsp3) is 0.389. The summed E-state index contributed by atoms with van der Waals surface area (Å²) < 4.78 is 5.14. The smallest absolute Gasteiger partial charge is 0.340 e. The normalized spacial score (nSPS) is 10.7. The van der Waals surface area contributed by atoms with Gasteiger partial charge < -0.3 is 9.84 Å². The average Bonchev–Trinajstić information content (AvgIpc) is 2.59. The molecular weight excluding hydrogens is 340 g/mol. The number of nitrogens with zero attached hydrogens (tertiary/aromatic N) is 2. The molecule has 1 N–H and O–H groups in total. The van der Waals surface area contributed by atoms with E-state index in [0.717, 1.165) is 0 Å². The van der Waals surface area contributed by atoms with Crippen molar-refractivity contribution in [2.24, 2.45) is 0 Å². The monoisotopic (exact) mass is 360 g/mol. The first-order valence-electron chi connectivity index (χ1n) is 8.37. The summed E-state index contributed by atoms with van der Waals surface area (Å²) in [6.45, 7) is 3.79. The summed E-state index contributed by atoms with van der Waals surface area (Å²) in [5, 5.41) is 20.6. The number of pyridine rings is 1. The average molecular weight is 360 g/mol. The highest BCUT2D eigenvalue weighted by Gasteiger charge is 2.23. The van der Waals surface area contributed by atoms with Gasteiger partial charge in [0.15, 0.2) is 0 Å². The summed E-state index contributed by atoms with van der Waals surface area (Å²) in [6, 6.07) is 4.17. The number of benzene rings is 1.